The van der Waals surface area contributed by atoms with Crippen molar-refractivity contribution >= 4 is 5.69 Å². The predicted octanol–water partition coefficient (Wildman–Crippen LogP) is 3.60. The molecule has 0 unspecified atom stereocenters. The highest BCUT2D eigenvalue weighted by Gasteiger charge is 2.60. The van der Waals surface area contributed by atoms with E-state index >= 15 is 0 Å². The molecule has 3 N–H and O–H groups in total. The third-order valence-electron chi connectivity index (χ3n) is 2.31. The highest BCUT2D eigenvalue weighted by Crippen LogP contribution is 2.50. The summed E-state index contributed by atoms with van der Waals surface area (Å²) in [7, 11) is 0. The van der Waals surface area contributed by atoms with Gasteiger partial charge in [0.1, 0.15) is 5.69 Å². The van der Waals surface area contributed by atoms with E-state index in [-0.39, 0.29) is 0 Å². The Morgan fingerprint density at radius 3 is 1.55 bits per heavy atom. The average molecular weight is 313 g/mol. The monoisotopic (exact) mass is 313 g/mol. The van der Waals surface area contributed by atoms with Gasteiger partial charge in [-0.1, -0.05) is 0 Å². The molecule has 2 nitrogen and oxygen atoms in total. The Morgan fingerprint density at radius 2 is 1.20 bits per heavy atom. The molecular formula is C9H4F9NO. The summed E-state index contributed by atoms with van der Waals surface area (Å²) < 4.78 is 114. The molecule has 0 spiro atoms. The van der Waals surface area contributed by atoms with E-state index in [2.05, 4.69) is 5.73 Å². The standard InChI is InChI=1S/C9H4F9NO/c10-2-1(3(11)6(20)5(19)4(2)12)7(8(13,14)15)9(16,17)18/h7,20H,19H2. The Hall–Kier alpha value is -1.81. The molecule has 11 heteroatoms. The Kier molecular flexibility index (Phi) is 3.76. The largest absolute Gasteiger partial charge is 0.503 e. The third kappa shape index (κ3) is 2.56. The zero-order valence-corrected chi connectivity index (χ0v) is 9.00. The highest BCUT2D eigenvalue weighted by atomic mass is 19.4. The summed E-state index contributed by atoms with van der Waals surface area (Å²) in [6.45, 7) is 0. The SMILES string of the molecule is Nc1c(O)c(F)c(C(C(F)(F)F)C(F)(F)F)c(F)c1F. The molecule has 0 aliphatic rings. The van der Waals surface area contributed by atoms with Crippen LogP contribution in [0.15, 0.2) is 0 Å². The first kappa shape index (κ1) is 16.2. The van der Waals surface area contributed by atoms with Gasteiger partial charge in [-0.25, -0.2) is 13.2 Å². The number of alkyl halides is 6. The summed E-state index contributed by atoms with van der Waals surface area (Å²) in [5, 5.41) is 8.83. The minimum Gasteiger partial charge on any atom is -0.503 e. The summed E-state index contributed by atoms with van der Waals surface area (Å²) in [5.74, 6) is -14.5. The van der Waals surface area contributed by atoms with Gasteiger partial charge in [0.05, 0.1) is 5.56 Å². The highest BCUT2D eigenvalue weighted by molar-refractivity contribution is 5.57. The summed E-state index contributed by atoms with van der Waals surface area (Å²) >= 11 is 0. The van der Waals surface area contributed by atoms with Gasteiger partial charge in [0.15, 0.2) is 29.1 Å². The van der Waals surface area contributed by atoms with E-state index < -0.39 is 52.7 Å². The summed E-state index contributed by atoms with van der Waals surface area (Å²) in [5.41, 5.74) is 0.271. The van der Waals surface area contributed by atoms with E-state index in [4.69, 9.17) is 5.11 Å². The van der Waals surface area contributed by atoms with Crippen LogP contribution in [0.25, 0.3) is 0 Å². The van der Waals surface area contributed by atoms with Crippen molar-refractivity contribution in [2.24, 2.45) is 0 Å². The molecule has 0 heterocycles. The fraction of sp³-hybridized carbons (Fsp3) is 0.333. The number of hydrogen-bond acceptors (Lipinski definition) is 2. The molecule has 20 heavy (non-hydrogen) atoms. The number of nitrogen functional groups attached to an aromatic ring is 1. The Labute approximate surface area is 104 Å². The molecule has 0 aromatic heterocycles. The van der Waals surface area contributed by atoms with E-state index in [0.29, 0.717) is 0 Å². The van der Waals surface area contributed by atoms with Gasteiger partial charge in [-0.2, -0.15) is 26.3 Å². The van der Waals surface area contributed by atoms with Crippen LogP contribution in [-0.4, -0.2) is 17.5 Å². The van der Waals surface area contributed by atoms with E-state index in [1.807, 2.05) is 0 Å². The lowest BCUT2D eigenvalue weighted by Crippen LogP contribution is -2.36. The number of nitrogens with two attached hydrogens (primary N) is 1. The maximum Gasteiger partial charge on any atom is 0.404 e. The molecule has 0 amide bonds. The van der Waals surface area contributed by atoms with E-state index in [0.717, 1.165) is 0 Å². The number of halogens is 9. The van der Waals surface area contributed by atoms with Crippen LogP contribution in [0.1, 0.15) is 11.5 Å². The second-order valence-corrected chi connectivity index (χ2v) is 3.63. The van der Waals surface area contributed by atoms with Crippen molar-refractivity contribution in [1.82, 2.24) is 0 Å². The number of benzene rings is 1. The summed E-state index contributed by atoms with van der Waals surface area (Å²) in [6.07, 6.45) is -12.3. The second kappa shape index (κ2) is 4.63. The van der Waals surface area contributed by atoms with Crippen molar-refractivity contribution in [2.75, 3.05) is 5.73 Å². The summed E-state index contributed by atoms with van der Waals surface area (Å²) in [6, 6.07) is 0. The van der Waals surface area contributed by atoms with Crippen LogP contribution in [0.4, 0.5) is 45.2 Å². The van der Waals surface area contributed by atoms with Crippen LogP contribution in [0, 0.1) is 17.5 Å². The molecule has 1 aromatic carbocycles. The second-order valence-electron chi connectivity index (χ2n) is 3.63. The van der Waals surface area contributed by atoms with Crippen LogP contribution >= 0.6 is 0 Å². The maximum atomic E-state index is 13.3. The van der Waals surface area contributed by atoms with Crippen LogP contribution < -0.4 is 5.73 Å². The van der Waals surface area contributed by atoms with Gasteiger partial charge in [0.25, 0.3) is 0 Å². The molecular weight excluding hydrogens is 309 g/mol. The molecule has 0 fully saturated rings. The van der Waals surface area contributed by atoms with Gasteiger partial charge >= 0.3 is 12.4 Å². The van der Waals surface area contributed by atoms with Gasteiger partial charge in [-0.3, -0.25) is 0 Å². The molecule has 0 saturated heterocycles. The molecule has 1 rings (SSSR count). The normalized spacial score (nSPS) is 13.1. The van der Waals surface area contributed by atoms with Crippen LogP contribution in [0.5, 0.6) is 5.75 Å². The number of rotatable bonds is 1. The van der Waals surface area contributed by atoms with Crippen molar-refractivity contribution < 1.29 is 44.6 Å². The lowest BCUT2D eigenvalue weighted by molar-refractivity contribution is -0.254. The van der Waals surface area contributed by atoms with Gasteiger partial charge in [0.2, 0.25) is 0 Å². The topological polar surface area (TPSA) is 46.2 Å². The number of phenols is 1. The molecule has 0 saturated carbocycles. The van der Waals surface area contributed by atoms with Crippen molar-refractivity contribution in [3.8, 4) is 5.75 Å². The smallest absolute Gasteiger partial charge is 0.404 e. The Morgan fingerprint density at radius 1 is 0.800 bits per heavy atom. The van der Waals surface area contributed by atoms with Crippen molar-refractivity contribution in [1.29, 1.82) is 0 Å². The lowest BCUT2D eigenvalue weighted by atomic mass is 9.95. The molecule has 0 atom stereocenters. The first-order chi connectivity index (χ1) is 8.80. The van der Waals surface area contributed by atoms with Gasteiger partial charge in [-0.05, 0) is 0 Å². The predicted molar refractivity (Wildman–Crippen MR) is 47.2 cm³/mol. The molecule has 0 bridgehead atoms. The first-order valence-corrected chi connectivity index (χ1v) is 4.58. The maximum absolute atomic E-state index is 13.3. The zero-order valence-electron chi connectivity index (χ0n) is 9.00. The van der Waals surface area contributed by atoms with Crippen LogP contribution in [-0.2, 0) is 0 Å². The Balaban J connectivity index is 3.76. The van der Waals surface area contributed by atoms with Crippen molar-refractivity contribution in [3.63, 3.8) is 0 Å². The minimum atomic E-state index is -6.16. The van der Waals surface area contributed by atoms with Gasteiger partial charge < -0.3 is 10.8 Å². The molecule has 0 radical (unpaired) electrons. The van der Waals surface area contributed by atoms with Crippen LogP contribution in [0.3, 0.4) is 0 Å². The fourth-order valence-corrected chi connectivity index (χ4v) is 1.45. The van der Waals surface area contributed by atoms with Gasteiger partial charge in [0, 0.05) is 0 Å². The minimum absolute atomic E-state index is 1.63. The number of hydrogen-bond donors (Lipinski definition) is 2. The molecule has 0 aliphatic carbocycles. The fourth-order valence-electron chi connectivity index (χ4n) is 1.45. The number of phenolic OH excluding ortho intramolecular Hbond substituents is 1. The van der Waals surface area contributed by atoms with Crippen LogP contribution in [0.2, 0.25) is 0 Å². The van der Waals surface area contributed by atoms with E-state index in [1.54, 1.807) is 0 Å². The molecule has 1 aromatic rings. The first-order valence-electron chi connectivity index (χ1n) is 4.58. The lowest BCUT2D eigenvalue weighted by Gasteiger charge is -2.24. The quantitative estimate of drug-likeness (QED) is 0.360. The molecule has 0 aliphatic heterocycles. The third-order valence-corrected chi connectivity index (χ3v) is 2.31. The zero-order chi connectivity index (χ0) is 16.0. The van der Waals surface area contributed by atoms with E-state index in [9.17, 15) is 39.5 Å². The molecule has 114 valence electrons. The van der Waals surface area contributed by atoms with E-state index in [1.165, 1.54) is 0 Å². The van der Waals surface area contributed by atoms with Gasteiger partial charge in [-0.15, -0.1) is 0 Å². The number of aromatic hydroxyl groups is 1. The average Bonchev–Trinajstić information content (AvgIpc) is 2.26. The number of anilines is 1. The Bertz CT molecular complexity index is 491. The van der Waals surface area contributed by atoms with Crippen molar-refractivity contribution in [3.05, 3.63) is 23.0 Å². The van der Waals surface area contributed by atoms with Crippen molar-refractivity contribution in [2.45, 2.75) is 18.3 Å². The summed E-state index contributed by atoms with van der Waals surface area (Å²) in [4.78, 5) is 0.